The van der Waals surface area contributed by atoms with Gasteiger partial charge in [-0.15, -0.1) is 13.2 Å². The lowest BCUT2D eigenvalue weighted by molar-refractivity contribution is -0.0188. The Labute approximate surface area is 143 Å². The summed E-state index contributed by atoms with van der Waals surface area (Å²) in [6.07, 6.45) is 10.3. The molecule has 140 valence electrons. The first-order valence-corrected chi connectivity index (χ1v) is 7.40. The number of aliphatic hydroxyl groups excluding tert-OH is 2. The fraction of sp³-hybridized carbons (Fsp3) is 0.789. The van der Waals surface area contributed by atoms with Crippen molar-refractivity contribution in [2.24, 2.45) is 11.8 Å². The zero-order valence-corrected chi connectivity index (χ0v) is 12.1. The van der Waals surface area contributed by atoms with E-state index in [1.54, 1.807) is 0 Å². The Balaban J connectivity index is -0.000000297. The predicted octanol–water partition coefficient (Wildman–Crippen LogP) is 3.52. The molecule has 3 fully saturated rings. The predicted molar refractivity (Wildman–Crippen MR) is 99.6 cm³/mol. The van der Waals surface area contributed by atoms with E-state index in [4.69, 9.17) is 9.84 Å². The van der Waals surface area contributed by atoms with Gasteiger partial charge in [-0.05, 0) is 50.4 Å². The standard InChI is InChI=1S/C8H14O2.C8H12O.3CH4.H2O/c1-2-6-3-4-7(9)8(10)5-6;1-2-6-3-4-7-8(5-6)9-7;;;;/h2,6-10H,1,3-5H2;2,6-8H,1,3-5H2;3*1H4;1H2. The molecule has 1 heterocycles. The topological polar surface area (TPSA) is 84.5 Å². The van der Waals surface area contributed by atoms with E-state index in [1.807, 2.05) is 6.08 Å². The summed E-state index contributed by atoms with van der Waals surface area (Å²) < 4.78 is 5.36. The number of hydrogen-bond acceptors (Lipinski definition) is 3. The largest absolute Gasteiger partial charge is 0.412 e. The second-order valence-corrected chi connectivity index (χ2v) is 5.97. The zero-order chi connectivity index (χ0) is 13.8. The van der Waals surface area contributed by atoms with Crippen LogP contribution in [0.1, 0.15) is 60.8 Å². The van der Waals surface area contributed by atoms with Crippen molar-refractivity contribution in [2.75, 3.05) is 0 Å². The van der Waals surface area contributed by atoms with Crippen LogP contribution in [-0.4, -0.2) is 40.1 Å². The lowest BCUT2D eigenvalue weighted by Gasteiger charge is -2.27. The van der Waals surface area contributed by atoms with Gasteiger partial charge in [-0.2, -0.15) is 0 Å². The van der Waals surface area contributed by atoms with E-state index in [0.717, 1.165) is 12.3 Å². The first-order valence-electron chi connectivity index (χ1n) is 7.40. The highest BCUT2D eigenvalue weighted by atomic mass is 16.6. The molecule has 0 radical (unpaired) electrons. The van der Waals surface area contributed by atoms with E-state index in [2.05, 4.69) is 19.2 Å². The average Bonchev–Trinajstić information content (AvgIpc) is 3.20. The zero-order valence-electron chi connectivity index (χ0n) is 12.1. The van der Waals surface area contributed by atoms with E-state index in [-0.39, 0.29) is 27.8 Å². The van der Waals surface area contributed by atoms with Crippen LogP contribution in [0.5, 0.6) is 0 Å². The fourth-order valence-electron chi connectivity index (χ4n) is 3.03. The molecule has 1 aliphatic heterocycles. The summed E-state index contributed by atoms with van der Waals surface area (Å²) in [6.45, 7) is 7.43. The van der Waals surface area contributed by atoms with Gasteiger partial charge in [0.05, 0.1) is 24.4 Å². The van der Waals surface area contributed by atoms with Crippen LogP contribution in [0.25, 0.3) is 0 Å². The molecule has 6 unspecified atom stereocenters. The minimum absolute atomic E-state index is 0. The summed E-state index contributed by atoms with van der Waals surface area (Å²) in [4.78, 5) is 0. The molecule has 2 aliphatic carbocycles. The van der Waals surface area contributed by atoms with E-state index in [1.165, 1.54) is 19.3 Å². The molecule has 0 spiro atoms. The van der Waals surface area contributed by atoms with E-state index in [9.17, 15) is 5.11 Å². The van der Waals surface area contributed by atoms with Crippen molar-refractivity contribution in [3.05, 3.63) is 25.3 Å². The number of fused-ring (bicyclic) bond motifs is 1. The van der Waals surface area contributed by atoms with Crippen molar-refractivity contribution in [2.45, 2.75) is 85.2 Å². The third kappa shape index (κ3) is 8.11. The Morgan fingerprint density at radius 3 is 1.74 bits per heavy atom. The van der Waals surface area contributed by atoms with E-state index >= 15 is 0 Å². The first kappa shape index (κ1) is 27.2. The van der Waals surface area contributed by atoms with Gasteiger partial charge in [-0.1, -0.05) is 34.4 Å². The van der Waals surface area contributed by atoms with E-state index in [0.29, 0.717) is 31.0 Å². The lowest BCUT2D eigenvalue weighted by atomic mass is 9.86. The molecule has 4 nitrogen and oxygen atoms in total. The number of rotatable bonds is 2. The van der Waals surface area contributed by atoms with Gasteiger partial charge in [0.15, 0.2) is 0 Å². The highest BCUT2D eigenvalue weighted by Gasteiger charge is 2.42. The van der Waals surface area contributed by atoms with Crippen molar-refractivity contribution in [3.63, 3.8) is 0 Å². The van der Waals surface area contributed by atoms with Crippen molar-refractivity contribution in [1.82, 2.24) is 0 Å². The van der Waals surface area contributed by atoms with Gasteiger partial charge in [0.2, 0.25) is 0 Å². The molecule has 0 amide bonds. The Bertz CT molecular complexity index is 318. The second-order valence-electron chi connectivity index (χ2n) is 5.97. The normalized spacial score (nSPS) is 36.6. The minimum atomic E-state index is -0.531. The maximum absolute atomic E-state index is 9.18. The van der Waals surface area contributed by atoms with Crippen LogP contribution in [0, 0.1) is 11.8 Å². The molecule has 4 N–H and O–H groups in total. The molecule has 0 aromatic heterocycles. The average molecular weight is 333 g/mol. The van der Waals surface area contributed by atoms with Crippen molar-refractivity contribution >= 4 is 0 Å². The molecule has 0 bridgehead atoms. The summed E-state index contributed by atoms with van der Waals surface area (Å²) in [6, 6.07) is 0. The highest BCUT2D eigenvalue weighted by molar-refractivity contribution is 4.96. The summed E-state index contributed by atoms with van der Waals surface area (Å²) in [5, 5.41) is 18.3. The Morgan fingerprint density at radius 1 is 0.739 bits per heavy atom. The SMILES string of the molecule is C.C.C.C=CC1CCC(O)C(O)C1.C=CC1CCC2OC2C1.O. The summed E-state index contributed by atoms with van der Waals surface area (Å²) in [5.41, 5.74) is 0. The number of aliphatic hydroxyl groups is 2. The van der Waals surface area contributed by atoms with Gasteiger partial charge >= 0.3 is 0 Å². The van der Waals surface area contributed by atoms with Crippen LogP contribution in [0.2, 0.25) is 0 Å². The molecule has 23 heavy (non-hydrogen) atoms. The molecule has 2 saturated carbocycles. The van der Waals surface area contributed by atoms with E-state index < -0.39 is 12.2 Å². The van der Waals surface area contributed by atoms with Crippen LogP contribution in [-0.2, 0) is 4.74 Å². The second kappa shape index (κ2) is 12.7. The number of allylic oxidation sites excluding steroid dienone is 2. The van der Waals surface area contributed by atoms with Gasteiger partial charge in [-0.25, -0.2) is 0 Å². The molecular weight excluding hydrogens is 292 g/mol. The molecule has 4 heteroatoms. The van der Waals surface area contributed by atoms with Crippen LogP contribution in [0.15, 0.2) is 25.3 Å². The van der Waals surface area contributed by atoms with Crippen molar-refractivity contribution in [1.29, 1.82) is 0 Å². The molecular formula is C19H40O4. The quantitative estimate of drug-likeness (QED) is 0.599. The van der Waals surface area contributed by atoms with Gasteiger partial charge in [0.1, 0.15) is 0 Å². The van der Waals surface area contributed by atoms with Gasteiger partial charge < -0.3 is 20.4 Å². The smallest absolute Gasteiger partial charge is 0.0847 e. The minimum Gasteiger partial charge on any atom is -0.412 e. The van der Waals surface area contributed by atoms with Crippen LogP contribution in [0.4, 0.5) is 0 Å². The number of hydrogen-bond donors (Lipinski definition) is 2. The third-order valence-electron chi connectivity index (χ3n) is 4.53. The highest BCUT2D eigenvalue weighted by Crippen LogP contribution is 2.39. The monoisotopic (exact) mass is 332 g/mol. The third-order valence-corrected chi connectivity index (χ3v) is 4.53. The van der Waals surface area contributed by atoms with Gasteiger partial charge in [0.25, 0.3) is 0 Å². The van der Waals surface area contributed by atoms with Gasteiger partial charge in [0, 0.05) is 0 Å². The van der Waals surface area contributed by atoms with Crippen molar-refractivity contribution < 1.29 is 20.4 Å². The Kier molecular flexibility index (Phi) is 15.0. The summed E-state index contributed by atoms with van der Waals surface area (Å²) in [5.74, 6) is 1.15. The number of ether oxygens (including phenoxy) is 1. The molecule has 0 aromatic carbocycles. The Hall–Kier alpha value is -0.680. The summed E-state index contributed by atoms with van der Waals surface area (Å²) >= 11 is 0. The van der Waals surface area contributed by atoms with Crippen molar-refractivity contribution in [3.8, 4) is 0 Å². The number of epoxide rings is 1. The summed E-state index contributed by atoms with van der Waals surface area (Å²) in [7, 11) is 0. The molecule has 6 atom stereocenters. The van der Waals surface area contributed by atoms with Crippen LogP contribution >= 0.6 is 0 Å². The molecule has 3 rings (SSSR count). The maximum Gasteiger partial charge on any atom is 0.0847 e. The first-order chi connectivity index (χ1) is 9.13. The Morgan fingerprint density at radius 2 is 1.26 bits per heavy atom. The maximum atomic E-state index is 9.18. The molecule has 1 saturated heterocycles. The lowest BCUT2D eigenvalue weighted by Crippen LogP contribution is -2.32. The molecule has 0 aromatic rings. The fourth-order valence-corrected chi connectivity index (χ4v) is 3.03. The van der Waals surface area contributed by atoms with Crippen LogP contribution < -0.4 is 0 Å². The molecule has 3 aliphatic rings. The van der Waals surface area contributed by atoms with Gasteiger partial charge in [-0.3, -0.25) is 0 Å². The van der Waals surface area contributed by atoms with Crippen LogP contribution in [0.3, 0.4) is 0 Å².